The summed E-state index contributed by atoms with van der Waals surface area (Å²) in [6.45, 7) is 10.4. The van der Waals surface area contributed by atoms with Gasteiger partial charge in [0, 0.05) is 31.2 Å². The van der Waals surface area contributed by atoms with Gasteiger partial charge in [-0.25, -0.2) is 4.79 Å². The molecule has 1 aliphatic rings. The number of fused-ring (bicyclic) bond motifs is 1. The first-order chi connectivity index (χ1) is 11.4. The Morgan fingerprint density at radius 1 is 1.21 bits per heavy atom. The number of rotatable bonds is 3. The third-order valence-electron chi connectivity index (χ3n) is 4.17. The Hall–Kier alpha value is -1.85. The van der Waals surface area contributed by atoms with Crippen molar-refractivity contribution in [1.29, 1.82) is 0 Å². The van der Waals surface area contributed by atoms with E-state index in [0.29, 0.717) is 0 Å². The minimum atomic E-state index is -0.494. The second-order valence-electron chi connectivity index (χ2n) is 7.26. The van der Waals surface area contributed by atoms with Gasteiger partial charge in [-0.2, -0.15) is 0 Å². The second kappa shape index (κ2) is 6.95. The Morgan fingerprint density at radius 3 is 2.67 bits per heavy atom. The molecule has 1 aliphatic heterocycles. The minimum Gasteiger partial charge on any atom is -0.443 e. The average Bonchev–Trinajstić information content (AvgIpc) is 2.95. The summed E-state index contributed by atoms with van der Waals surface area (Å²) in [7, 11) is 0. The van der Waals surface area contributed by atoms with E-state index in [0.717, 1.165) is 50.2 Å². The highest BCUT2D eigenvalue weighted by molar-refractivity contribution is 5.89. The summed E-state index contributed by atoms with van der Waals surface area (Å²) in [5, 5.41) is 1.07. The lowest BCUT2D eigenvalue weighted by Gasteiger charge is -2.26. The van der Waals surface area contributed by atoms with Crippen LogP contribution in [0.15, 0.2) is 30.5 Å². The van der Waals surface area contributed by atoms with Crippen LogP contribution in [0.3, 0.4) is 0 Å². The fourth-order valence-electron chi connectivity index (χ4n) is 2.93. The van der Waals surface area contributed by atoms with Gasteiger partial charge in [-0.15, -0.1) is 0 Å². The molecule has 2 heterocycles. The smallest absolute Gasteiger partial charge is 0.418 e. The van der Waals surface area contributed by atoms with Crippen molar-refractivity contribution in [3.8, 4) is 0 Å². The van der Waals surface area contributed by atoms with Gasteiger partial charge in [-0.3, -0.25) is 9.47 Å². The first-order valence-electron chi connectivity index (χ1n) is 8.56. The molecular weight excluding hydrogens is 304 g/mol. The van der Waals surface area contributed by atoms with Crippen LogP contribution in [0.1, 0.15) is 26.3 Å². The maximum atomic E-state index is 12.3. The monoisotopic (exact) mass is 330 g/mol. The Kier molecular flexibility index (Phi) is 4.92. The predicted octanol–water partition coefficient (Wildman–Crippen LogP) is 3.30. The van der Waals surface area contributed by atoms with Crippen molar-refractivity contribution < 1.29 is 14.3 Å². The van der Waals surface area contributed by atoms with Gasteiger partial charge < -0.3 is 9.47 Å². The summed E-state index contributed by atoms with van der Waals surface area (Å²) in [5.74, 6) is 0. The van der Waals surface area contributed by atoms with Gasteiger partial charge in [0.05, 0.1) is 18.7 Å². The Bertz CT molecular complexity index is 709. The van der Waals surface area contributed by atoms with E-state index in [4.69, 9.17) is 9.47 Å². The molecule has 1 saturated heterocycles. The van der Waals surface area contributed by atoms with Crippen molar-refractivity contribution in [2.75, 3.05) is 32.8 Å². The molecule has 1 aromatic heterocycles. The zero-order chi connectivity index (χ0) is 17.2. The summed E-state index contributed by atoms with van der Waals surface area (Å²) >= 11 is 0. The molecule has 0 N–H and O–H groups in total. The summed E-state index contributed by atoms with van der Waals surface area (Å²) in [6.07, 6.45) is 2.46. The molecule has 1 fully saturated rings. The van der Waals surface area contributed by atoms with Gasteiger partial charge in [0.1, 0.15) is 5.60 Å². The number of aromatic nitrogens is 1. The number of nitrogens with zero attached hydrogens (tertiary/aromatic N) is 2. The lowest BCUT2D eigenvalue weighted by molar-refractivity contribution is 0.0384. The molecule has 130 valence electrons. The predicted molar refractivity (Wildman–Crippen MR) is 94.5 cm³/mol. The molecule has 0 saturated carbocycles. The van der Waals surface area contributed by atoms with Crippen molar-refractivity contribution in [1.82, 2.24) is 9.47 Å². The molecule has 2 aromatic rings. The normalized spacial score (nSPS) is 16.5. The molecule has 0 atom stereocenters. The van der Waals surface area contributed by atoms with Crippen LogP contribution in [-0.4, -0.2) is 54.0 Å². The molecule has 0 spiro atoms. The summed E-state index contributed by atoms with van der Waals surface area (Å²) in [6, 6.07) is 8.24. The minimum absolute atomic E-state index is 0.335. The van der Waals surface area contributed by atoms with E-state index in [9.17, 15) is 4.79 Å². The molecule has 5 nitrogen and oxygen atoms in total. The van der Waals surface area contributed by atoms with Crippen LogP contribution in [0.25, 0.3) is 10.9 Å². The SMILES string of the molecule is CC(C)(C)OC(=O)n1ccc2cc(CCN3CCOCC3)ccc21. The number of benzene rings is 1. The fourth-order valence-corrected chi connectivity index (χ4v) is 2.93. The number of carbonyl (C=O) groups excluding carboxylic acids is 1. The highest BCUT2D eigenvalue weighted by atomic mass is 16.6. The summed E-state index contributed by atoms with van der Waals surface area (Å²) < 4.78 is 12.4. The van der Waals surface area contributed by atoms with Crippen molar-refractivity contribution in [2.24, 2.45) is 0 Å². The summed E-state index contributed by atoms with van der Waals surface area (Å²) in [4.78, 5) is 14.7. The molecular formula is C19H26N2O3. The van der Waals surface area contributed by atoms with Crippen molar-refractivity contribution in [2.45, 2.75) is 32.8 Å². The van der Waals surface area contributed by atoms with Gasteiger partial charge in [0.15, 0.2) is 0 Å². The van der Waals surface area contributed by atoms with Crippen LogP contribution < -0.4 is 0 Å². The zero-order valence-electron chi connectivity index (χ0n) is 14.7. The fraction of sp³-hybridized carbons (Fsp3) is 0.526. The number of ether oxygens (including phenoxy) is 2. The van der Waals surface area contributed by atoms with E-state index in [2.05, 4.69) is 17.0 Å². The van der Waals surface area contributed by atoms with Crippen molar-refractivity contribution >= 4 is 17.0 Å². The highest BCUT2D eigenvalue weighted by Crippen LogP contribution is 2.20. The highest BCUT2D eigenvalue weighted by Gasteiger charge is 2.19. The lowest BCUT2D eigenvalue weighted by atomic mass is 10.1. The standard InChI is InChI=1S/C19H26N2O3/c1-19(2,3)24-18(22)21-9-7-16-14-15(4-5-17(16)21)6-8-20-10-12-23-13-11-20/h4-5,7,9,14H,6,8,10-13H2,1-3H3. The Morgan fingerprint density at radius 2 is 1.96 bits per heavy atom. The quantitative estimate of drug-likeness (QED) is 0.866. The van der Waals surface area contributed by atoms with Gasteiger partial charge >= 0.3 is 6.09 Å². The third kappa shape index (κ3) is 4.16. The molecule has 24 heavy (non-hydrogen) atoms. The lowest BCUT2D eigenvalue weighted by Crippen LogP contribution is -2.37. The van der Waals surface area contributed by atoms with Crippen molar-refractivity contribution in [3.63, 3.8) is 0 Å². The number of carbonyl (C=O) groups is 1. The van der Waals surface area contributed by atoms with Crippen LogP contribution in [0.2, 0.25) is 0 Å². The number of hydrogen-bond acceptors (Lipinski definition) is 4. The van der Waals surface area contributed by atoms with Crippen LogP contribution in [0.5, 0.6) is 0 Å². The Labute approximate surface area is 143 Å². The van der Waals surface area contributed by atoms with E-state index in [1.165, 1.54) is 5.56 Å². The van der Waals surface area contributed by atoms with E-state index in [1.807, 2.05) is 32.9 Å². The molecule has 0 amide bonds. The summed E-state index contributed by atoms with van der Waals surface area (Å²) in [5.41, 5.74) is 1.68. The van der Waals surface area contributed by atoms with Crippen LogP contribution in [0, 0.1) is 0 Å². The molecule has 0 radical (unpaired) electrons. The molecule has 1 aromatic carbocycles. The number of morpholine rings is 1. The van der Waals surface area contributed by atoms with Crippen LogP contribution >= 0.6 is 0 Å². The molecule has 5 heteroatoms. The second-order valence-corrected chi connectivity index (χ2v) is 7.26. The van der Waals surface area contributed by atoms with E-state index in [-0.39, 0.29) is 6.09 Å². The zero-order valence-corrected chi connectivity index (χ0v) is 14.7. The van der Waals surface area contributed by atoms with Crippen LogP contribution in [-0.2, 0) is 15.9 Å². The first-order valence-corrected chi connectivity index (χ1v) is 8.56. The Balaban J connectivity index is 1.69. The maximum absolute atomic E-state index is 12.3. The first kappa shape index (κ1) is 17.0. The molecule has 0 unspecified atom stereocenters. The van der Waals surface area contributed by atoms with Crippen LogP contribution in [0.4, 0.5) is 4.79 Å². The van der Waals surface area contributed by atoms with Gasteiger partial charge in [-0.05, 0) is 51.0 Å². The topological polar surface area (TPSA) is 43.7 Å². The van der Waals surface area contributed by atoms with E-state index >= 15 is 0 Å². The largest absolute Gasteiger partial charge is 0.443 e. The number of hydrogen-bond donors (Lipinski definition) is 0. The van der Waals surface area contributed by atoms with E-state index < -0.39 is 5.60 Å². The van der Waals surface area contributed by atoms with E-state index in [1.54, 1.807) is 10.8 Å². The van der Waals surface area contributed by atoms with Gasteiger partial charge in [-0.1, -0.05) is 6.07 Å². The average molecular weight is 330 g/mol. The molecule has 3 rings (SSSR count). The van der Waals surface area contributed by atoms with Gasteiger partial charge in [0.2, 0.25) is 0 Å². The maximum Gasteiger partial charge on any atom is 0.418 e. The van der Waals surface area contributed by atoms with Crippen molar-refractivity contribution in [3.05, 3.63) is 36.0 Å². The van der Waals surface area contributed by atoms with Gasteiger partial charge in [0.25, 0.3) is 0 Å². The molecule has 0 bridgehead atoms. The third-order valence-corrected chi connectivity index (χ3v) is 4.17. The molecule has 0 aliphatic carbocycles.